The van der Waals surface area contributed by atoms with Gasteiger partial charge in [-0.2, -0.15) is 35.3 Å². The molecule has 1 aliphatic rings. The fourth-order valence-corrected chi connectivity index (χ4v) is 9.43. The summed E-state index contributed by atoms with van der Waals surface area (Å²) in [6.45, 7) is 0. The van der Waals surface area contributed by atoms with Gasteiger partial charge >= 0.3 is 17.9 Å². The number of nitrogens with one attached hydrogen (secondary N) is 9. The van der Waals surface area contributed by atoms with Gasteiger partial charge in [-0.1, -0.05) is 0 Å². The van der Waals surface area contributed by atoms with Crippen LogP contribution in [0.5, 0.6) is 0 Å². The Morgan fingerprint density at radius 3 is 0.944 bits per heavy atom. The zero-order valence-corrected chi connectivity index (χ0v) is 43.6. The second kappa shape index (κ2) is 30.7. The number of H-pyrrole nitrogens is 3. The Kier molecular flexibility index (Phi) is 24.9. The monoisotopic (exact) mass is 1060 g/mol. The Morgan fingerprint density at radius 1 is 0.472 bits per heavy atom. The summed E-state index contributed by atoms with van der Waals surface area (Å²) in [7, 11) is 3.55. The molecule has 0 spiro atoms. The van der Waals surface area contributed by atoms with Crippen molar-refractivity contribution in [1.29, 1.82) is 0 Å². The van der Waals surface area contributed by atoms with Crippen LogP contribution in [0.3, 0.4) is 0 Å². The maximum Gasteiger partial charge on any atom is 0.328 e. The lowest BCUT2D eigenvalue weighted by Gasteiger charge is -2.35. The highest BCUT2D eigenvalue weighted by molar-refractivity contribution is 7.98. The third kappa shape index (κ3) is 18.5. The first-order valence-corrected chi connectivity index (χ1v) is 27.3. The number of hydrogen-bond donors (Lipinski definition) is 9. The van der Waals surface area contributed by atoms with Gasteiger partial charge in [0.1, 0.15) is 36.3 Å². The van der Waals surface area contributed by atoms with E-state index in [9.17, 15) is 43.2 Å². The van der Waals surface area contributed by atoms with Crippen LogP contribution in [0.1, 0.15) is 55.6 Å². The third-order valence-corrected chi connectivity index (χ3v) is 13.8. The molecule has 24 nitrogen and oxygen atoms in total. The highest BCUT2D eigenvalue weighted by Crippen LogP contribution is 2.35. The zero-order chi connectivity index (χ0) is 52.6. The molecule has 6 amide bonds. The van der Waals surface area contributed by atoms with Crippen LogP contribution in [0.2, 0.25) is 0 Å². The highest BCUT2D eigenvalue weighted by atomic mass is 32.2. The molecule has 0 aliphatic heterocycles. The van der Waals surface area contributed by atoms with Crippen molar-refractivity contribution in [1.82, 2.24) is 61.8 Å². The minimum absolute atomic E-state index is 0.0188. The molecular formula is C45H66N12O12S3. The Labute approximate surface area is 429 Å². The summed E-state index contributed by atoms with van der Waals surface area (Å²) in [5.74, 6) is -8.02. The molecule has 9 N–H and O–H groups in total. The fraction of sp³-hybridized carbons (Fsp3) is 0.600. The molecular weight excluding hydrogens is 997 g/mol. The minimum atomic E-state index is -1.16. The maximum atomic E-state index is 14.5. The Balaban J connectivity index is 1.63. The molecule has 1 aliphatic carbocycles. The number of carbonyl (C=O) groups excluding carboxylic acids is 9. The summed E-state index contributed by atoms with van der Waals surface area (Å²) in [6.07, 6.45) is 14.4. The van der Waals surface area contributed by atoms with Crippen LogP contribution < -0.4 is 31.9 Å². The van der Waals surface area contributed by atoms with Gasteiger partial charge in [-0.15, -0.1) is 0 Å². The van der Waals surface area contributed by atoms with E-state index in [2.05, 4.69) is 61.8 Å². The van der Waals surface area contributed by atoms with Gasteiger partial charge in [-0.3, -0.25) is 28.8 Å². The van der Waals surface area contributed by atoms with Gasteiger partial charge < -0.3 is 61.1 Å². The average molecular weight is 1060 g/mol. The van der Waals surface area contributed by atoms with Gasteiger partial charge in [0.25, 0.3) is 0 Å². The topological polar surface area (TPSA) is 340 Å². The van der Waals surface area contributed by atoms with Gasteiger partial charge in [0.15, 0.2) is 0 Å². The highest BCUT2D eigenvalue weighted by Gasteiger charge is 2.42. The number of esters is 3. The minimum Gasteiger partial charge on any atom is -0.467 e. The lowest BCUT2D eigenvalue weighted by Crippen LogP contribution is -2.56. The predicted octanol–water partition coefficient (Wildman–Crippen LogP) is -0.397. The van der Waals surface area contributed by atoms with E-state index in [0.717, 1.165) is 0 Å². The van der Waals surface area contributed by atoms with Crippen LogP contribution in [-0.2, 0) is 76.6 Å². The molecule has 0 bridgehead atoms. The van der Waals surface area contributed by atoms with Crippen molar-refractivity contribution in [3.05, 3.63) is 54.7 Å². The normalized spacial score (nSPS) is 17.8. The van der Waals surface area contributed by atoms with E-state index in [1.165, 1.54) is 94.2 Å². The molecule has 0 unspecified atom stereocenters. The van der Waals surface area contributed by atoms with Crippen molar-refractivity contribution >= 4 is 88.6 Å². The van der Waals surface area contributed by atoms with Gasteiger partial charge in [0.2, 0.25) is 35.4 Å². The molecule has 0 radical (unpaired) electrons. The molecule has 1 fully saturated rings. The standard InChI is InChI=1S/C45H66N12O12S3/c1-67-43(64)34(16-28-19-46-22-49-28)55-40(61)31(7-10-70-4)52-37(58)25-13-26(38(59)53-32(8-11-71-5)41(62)56-35(44(65)68-2)17-29-20-47-23-50-29)15-27(14-25)39(60)54-33(9-12-72-6)42(63)57-36(45(66)69-3)18-30-21-48-24-51-30/h19-27,31-36H,7-18H2,1-6H3,(H,46,49)(H,47,50)(H,48,51)(H,52,58)(H,53,59)(H,54,60)(H,55,61)(H,56,62)(H,57,63)/t25?,26?,27?,31-,32-,33-,34-,35-,36-/m0/s1. The summed E-state index contributed by atoms with van der Waals surface area (Å²) >= 11 is 4.27. The van der Waals surface area contributed by atoms with Gasteiger partial charge in [-0.25, -0.2) is 29.3 Å². The second-order valence-corrected chi connectivity index (χ2v) is 19.9. The zero-order valence-electron chi connectivity index (χ0n) is 41.1. The quantitative estimate of drug-likeness (QED) is 0.0303. The van der Waals surface area contributed by atoms with Crippen LogP contribution >= 0.6 is 35.3 Å². The van der Waals surface area contributed by atoms with E-state index in [0.29, 0.717) is 34.3 Å². The van der Waals surface area contributed by atoms with E-state index in [-0.39, 0.29) is 57.8 Å². The van der Waals surface area contributed by atoms with Crippen molar-refractivity contribution in [2.45, 2.75) is 94.0 Å². The summed E-state index contributed by atoms with van der Waals surface area (Å²) in [4.78, 5) is 144. The number of aromatic nitrogens is 6. The molecule has 1 saturated carbocycles. The van der Waals surface area contributed by atoms with E-state index < -0.39 is 107 Å². The number of amides is 6. The van der Waals surface area contributed by atoms with Crippen LogP contribution in [0.15, 0.2) is 37.6 Å². The summed E-state index contributed by atoms with van der Waals surface area (Å²) in [5.41, 5.74) is 1.63. The van der Waals surface area contributed by atoms with Crippen LogP contribution in [0, 0.1) is 17.8 Å². The van der Waals surface area contributed by atoms with E-state index in [1.807, 2.05) is 18.8 Å². The van der Waals surface area contributed by atoms with E-state index in [4.69, 9.17) is 14.2 Å². The molecule has 3 heterocycles. The Bertz CT molecular complexity index is 1970. The molecule has 0 aromatic carbocycles. The van der Waals surface area contributed by atoms with Crippen molar-refractivity contribution in [2.24, 2.45) is 17.8 Å². The van der Waals surface area contributed by atoms with Gasteiger partial charge in [0.05, 0.1) is 40.3 Å². The number of thioether (sulfide) groups is 3. The first-order chi connectivity index (χ1) is 34.6. The smallest absolute Gasteiger partial charge is 0.328 e. The number of methoxy groups -OCH3 is 3. The lowest BCUT2D eigenvalue weighted by atomic mass is 9.73. The number of rotatable bonds is 30. The number of hydrogen-bond acceptors (Lipinski definition) is 18. The summed E-state index contributed by atoms with van der Waals surface area (Å²) < 4.78 is 14.8. The van der Waals surface area contributed by atoms with Crippen molar-refractivity contribution in [3.63, 3.8) is 0 Å². The van der Waals surface area contributed by atoms with Crippen LogP contribution in [0.4, 0.5) is 0 Å². The number of nitrogens with zero attached hydrogens (tertiary/aromatic N) is 3. The summed E-state index contributed by atoms with van der Waals surface area (Å²) in [5, 5.41) is 16.5. The van der Waals surface area contributed by atoms with Gasteiger partial charge in [0, 0.05) is 72.7 Å². The molecule has 3 aromatic heterocycles. The molecule has 396 valence electrons. The van der Waals surface area contributed by atoms with Crippen LogP contribution in [-0.4, -0.2) is 177 Å². The maximum absolute atomic E-state index is 14.5. The molecule has 6 atom stereocenters. The number of aromatic amines is 3. The van der Waals surface area contributed by atoms with Crippen molar-refractivity contribution < 1.29 is 57.4 Å². The fourth-order valence-electron chi connectivity index (χ4n) is 8.02. The second-order valence-electron chi connectivity index (χ2n) is 16.9. The van der Waals surface area contributed by atoms with Crippen LogP contribution in [0.25, 0.3) is 0 Å². The first kappa shape index (κ1) is 58.5. The number of carbonyl (C=O) groups is 9. The Hall–Kier alpha value is -6.09. The van der Waals surface area contributed by atoms with E-state index in [1.54, 1.807) is 0 Å². The average Bonchev–Trinajstić information content (AvgIpc) is 4.22. The van der Waals surface area contributed by atoms with Crippen molar-refractivity contribution in [3.8, 4) is 0 Å². The SMILES string of the molecule is COC(=O)[C@H](Cc1cnc[nH]1)NC(=O)[C@H](CCSC)NC(=O)C1CC(C(=O)N[C@@H](CCSC)C(=O)N[C@@H](Cc2cnc[nH]2)C(=O)OC)CC(C(=O)N[C@@H](CCSC)C(=O)N[C@@H](Cc2cnc[nH]2)C(=O)OC)C1. The van der Waals surface area contributed by atoms with Crippen molar-refractivity contribution in [2.75, 3.05) is 57.4 Å². The predicted molar refractivity (Wildman–Crippen MR) is 268 cm³/mol. The molecule has 72 heavy (non-hydrogen) atoms. The lowest BCUT2D eigenvalue weighted by molar-refractivity contribution is -0.145. The summed E-state index contributed by atoms with van der Waals surface area (Å²) in [6, 6.07) is -6.89. The number of ether oxygens (including phenoxy) is 3. The molecule has 27 heteroatoms. The van der Waals surface area contributed by atoms with Gasteiger partial charge in [-0.05, 0) is 74.6 Å². The molecule has 0 saturated heterocycles. The molecule has 4 rings (SSSR count). The van der Waals surface area contributed by atoms with E-state index >= 15 is 0 Å². The third-order valence-electron chi connectivity index (χ3n) is 11.9. The largest absolute Gasteiger partial charge is 0.467 e. The molecule has 3 aromatic rings. The Morgan fingerprint density at radius 2 is 0.736 bits per heavy atom. The number of imidazole rings is 3. The first-order valence-electron chi connectivity index (χ1n) is 23.1.